The van der Waals surface area contributed by atoms with Gasteiger partial charge < -0.3 is 10.2 Å². The third-order valence-electron chi connectivity index (χ3n) is 4.96. The van der Waals surface area contributed by atoms with E-state index in [9.17, 15) is 9.59 Å². The summed E-state index contributed by atoms with van der Waals surface area (Å²) in [7, 11) is 0. The molecule has 0 saturated carbocycles. The van der Waals surface area contributed by atoms with Gasteiger partial charge in [0.15, 0.2) is 0 Å². The van der Waals surface area contributed by atoms with E-state index in [1.54, 1.807) is 34.1 Å². The number of carbonyl (C=O) groups excluding carboxylic acids is 2. The average molecular weight is 410 g/mol. The molecule has 1 aliphatic rings. The van der Waals surface area contributed by atoms with Gasteiger partial charge in [-0.2, -0.15) is 5.10 Å². The van der Waals surface area contributed by atoms with Crippen molar-refractivity contribution in [3.8, 4) is 5.69 Å². The van der Waals surface area contributed by atoms with Crippen LogP contribution in [-0.2, 0) is 16.1 Å². The van der Waals surface area contributed by atoms with Crippen LogP contribution in [0.2, 0.25) is 5.02 Å². The Morgan fingerprint density at radius 1 is 1.24 bits per heavy atom. The highest BCUT2D eigenvalue weighted by molar-refractivity contribution is 6.31. The summed E-state index contributed by atoms with van der Waals surface area (Å²) in [4.78, 5) is 30.9. The monoisotopic (exact) mass is 409 g/mol. The molecule has 8 heteroatoms. The van der Waals surface area contributed by atoms with Crippen LogP contribution in [0.5, 0.6) is 0 Å². The molecule has 0 radical (unpaired) electrons. The van der Waals surface area contributed by atoms with Gasteiger partial charge in [0, 0.05) is 24.5 Å². The van der Waals surface area contributed by atoms with Gasteiger partial charge in [-0.25, -0.2) is 9.67 Å². The number of rotatable bonds is 5. The zero-order valence-electron chi connectivity index (χ0n) is 15.9. The van der Waals surface area contributed by atoms with Crippen molar-refractivity contribution in [1.82, 2.24) is 19.7 Å². The molecular weight excluding hydrogens is 390 g/mol. The molecule has 1 aliphatic heterocycles. The van der Waals surface area contributed by atoms with Gasteiger partial charge in [-0.15, -0.1) is 0 Å². The van der Waals surface area contributed by atoms with Crippen molar-refractivity contribution >= 4 is 29.1 Å². The van der Waals surface area contributed by atoms with Crippen LogP contribution < -0.4 is 5.32 Å². The molecule has 0 aliphatic carbocycles. The Bertz CT molecular complexity index is 1030. The lowest BCUT2D eigenvalue weighted by molar-refractivity contribution is -0.128. The molecule has 29 heavy (non-hydrogen) atoms. The van der Waals surface area contributed by atoms with Crippen LogP contribution in [0.15, 0.2) is 55.1 Å². The average Bonchev–Trinajstić information content (AvgIpc) is 3.34. The summed E-state index contributed by atoms with van der Waals surface area (Å²) in [6.07, 6.45) is 3.15. The fourth-order valence-corrected chi connectivity index (χ4v) is 3.56. The molecule has 2 heterocycles. The summed E-state index contributed by atoms with van der Waals surface area (Å²) in [6, 6.07) is 13.2. The third-order valence-corrected chi connectivity index (χ3v) is 5.20. The quantitative estimate of drug-likeness (QED) is 0.701. The number of nitrogens with zero attached hydrogens (tertiary/aromatic N) is 4. The molecule has 4 rings (SSSR count). The number of anilines is 1. The first-order valence-corrected chi connectivity index (χ1v) is 9.66. The summed E-state index contributed by atoms with van der Waals surface area (Å²) in [5.41, 5.74) is 3.40. The van der Waals surface area contributed by atoms with Gasteiger partial charge in [0.2, 0.25) is 11.8 Å². The second-order valence-corrected chi connectivity index (χ2v) is 7.59. The number of halogens is 1. The molecule has 1 atom stereocenters. The van der Waals surface area contributed by atoms with Crippen LogP contribution in [-0.4, -0.2) is 38.0 Å². The van der Waals surface area contributed by atoms with E-state index < -0.39 is 5.92 Å². The minimum Gasteiger partial charge on any atom is -0.338 e. The van der Waals surface area contributed by atoms with E-state index in [1.807, 2.05) is 31.2 Å². The topological polar surface area (TPSA) is 80.1 Å². The summed E-state index contributed by atoms with van der Waals surface area (Å²) in [6.45, 7) is 2.91. The lowest BCUT2D eigenvalue weighted by atomic mass is 10.1. The number of likely N-dealkylation sites (tertiary alicyclic amines) is 1. The van der Waals surface area contributed by atoms with Crippen molar-refractivity contribution in [2.75, 3.05) is 11.9 Å². The largest absolute Gasteiger partial charge is 0.338 e. The lowest BCUT2D eigenvalue weighted by Gasteiger charge is -2.17. The highest BCUT2D eigenvalue weighted by Crippen LogP contribution is 2.27. The Morgan fingerprint density at radius 2 is 2.03 bits per heavy atom. The zero-order chi connectivity index (χ0) is 20.4. The Hall–Kier alpha value is -3.19. The number of hydrogen-bond acceptors (Lipinski definition) is 4. The Kier molecular flexibility index (Phi) is 5.31. The number of aromatic nitrogens is 3. The Labute approximate surface area is 173 Å². The molecule has 1 saturated heterocycles. The van der Waals surface area contributed by atoms with Crippen LogP contribution in [0.1, 0.15) is 17.5 Å². The van der Waals surface area contributed by atoms with E-state index in [4.69, 9.17) is 11.6 Å². The van der Waals surface area contributed by atoms with E-state index in [1.165, 1.54) is 11.9 Å². The first-order valence-electron chi connectivity index (χ1n) is 9.28. The molecule has 0 bridgehead atoms. The maximum Gasteiger partial charge on any atom is 0.229 e. The minimum atomic E-state index is -0.421. The molecule has 148 valence electrons. The molecule has 1 aromatic heterocycles. The van der Waals surface area contributed by atoms with Crippen LogP contribution in [0.3, 0.4) is 0 Å². The van der Waals surface area contributed by atoms with Crippen molar-refractivity contribution in [3.63, 3.8) is 0 Å². The van der Waals surface area contributed by atoms with E-state index in [0.717, 1.165) is 5.56 Å². The number of carbonyl (C=O) groups is 2. The first-order chi connectivity index (χ1) is 14.0. The van der Waals surface area contributed by atoms with Gasteiger partial charge in [-0.1, -0.05) is 41.4 Å². The Morgan fingerprint density at radius 3 is 2.76 bits per heavy atom. The lowest BCUT2D eigenvalue weighted by Crippen LogP contribution is -2.28. The van der Waals surface area contributed by atoms with Crippen LogP contribution in [0, 0.1) is 12.8 Å². The first kappa shape index (κ1) is 19.1. The van der Waals surface area contributed by atoms with Gasteiger partial charge >= 0.3 is 0 Å². The SMILES string of the molecule is Cc1ccc(CN2CC(C(=O)Nc3cc(Cl)ccc3-n3cncn3)CC2=O)cc1. The summed E-state index contributed by atoms with van der Waals surface area (Å²) in [5.74, 6) is -0.655. The van der Waals surface area contributed by atoms with Crippen molar-refractivity contribution in [2.45, 2.75) is 19.9 Å². The summed E-state index contributed by atoms with van der Waals surface area (Å²) < 4.78 is 1.55. The second-order valence-electron chi connectivity index (χ2n) is 7.15. The van der Waals surface area contributed by atoms with Crippen molar-refractivity contribution < 1.29 is 9.59 Å². The molecule has 1 N–H and O–H groups in total. The van der Waals surface area contributed by atoms with Crippen molar-refractivity contribution in [3.05, 3.63) is 71.3 Å². The van der Waals surface area contributed by atoms with Crippen LogP contribution >= 0.6 is 11.6 Å². The van der Waals surface area contributed by atoms with Gasteiger partial charge in [0.1, 0.15) is 12.7 Å². The molecule has 1 fully saturated rings. The van der Waals surface area contributed by atoms with Gasteiger partial charge in [0.25, 0.3) is 0 Å². The van der Waals surface area contributed by atoms with Gasteiger partial charge in [-0.05, 0) is 30.7 Å². The number of benzene rings is 2. The smallest absolute Gasteiger partial charge is 0.229 e. The van der Waals surface area contributed by atoms with Crippen molar-refractivity contribution in [1.29, 1.82) is 0 Å². The number of hydrogen-bond donors (Lipinski definition) is 1. The summed E-state index contributed by atoms with van der Waals surface area (Å²) >= 11 is 6.11. The molecule has 2 amide bonds. The van der Waals surface area contributed by atoms with Gasteiger partial charge in [-0.3, -0.25) is 9.59 Å². The molecular formula is C21H20ClN5O2. The number of amides is 2. The van der Waals surface area contributed by atoms with Gasteiger partial charge in [0.05, 0.1) is 17.3 Å². The maximum atomic E-state index is 12.9. The van der Waals surface area contributed by atoms with E-state index in [-0.39, 0.29) is 18.2 Å². The van der Waals surface area contributed by atoms with Crippen molar-refractivity contribution in [2.24, 2.45) is 5.92 Å². The maximum absolute atomic E-state index is 12.9. The fraction of sp³-hybridized carbons (Fsp3) is 0.238. The second kappa shape index (κ2) is 8.05. The third kappa shape index (κ3) is 4.30. The highest BCUT2D eigenvalue weighted by Gasteiger charge is 2.34. The minimum absolute atomic E-state index is 0.0201. The predicted octanol–water partition coefficient (Wildman–Crippen LogP) is 3.22. The highest BCUT2D eigenvalue weighted by atomic mass is 35.5. The van der Waals surface area contributed by atoms with E-state index in [2.05, 4.69) is 15.4 Å². The van der Waals surface area contributed by atoms with Crippen LogP contribution in [0.4, 0.5) is 5.69 Å². The van der Waals surface area contributed by atoms with Crippen LogP contribution in [0.25, 0.3) is 5.69 Å². The molecule has 1 unspecified atom stereocenters. The van der Waals surface area contributed by atoms with E-state index in [0.29, 0.717) is 29.5 Å². The molecule has 0 spiro atoms. The van der Waals surface area contributed by atoms with E-state index >= 15 is 0 Å². The summed E-state index contributed by atoms with van der Waals surface area (Å²) in [5, 5.41) is 7.50. The fourth-order valence-electron chi connectivity index (χ4n) is 3.39. The molecule has 3 aromatic rings. The normalized spacial score (nSPS) is 16.3. The molecule has 7 nitrogen and oxygen atoms in total. The zero-order valence-corrected chi connectivity index (χ0v) is 16.6. The number of aryl methyl sites for hydroxylation is 1. The Balaban J connectivity index is 1.46. The molecule has 2 aromatic carbocycles. The predicted molar refractivity (Wildman–Crippen MR) is 110 cm³/mol. The number of nitrogens with one attached hydrogen (secondary N) is 1. The standard InChI is InChI=1S/C21H20ClN5O2/c1-14-2-4-15(5-3-14)10-26-11-16(8-20(26)28)21(29)25-18-9-17(22)6-7-19(18)27-13-23-12-24-27/h2-7,9,12-13,16H,8,10-11H2,1H3,(H,25,29).